The van der Waals surface area contributed by atoms with Crippen molar-refractivity contribution in [2.45, 2.75) is 146 Å². The van der Waals surface area contributed by atoms with Crippen LogP contribution in [0.2, 0.25) is 0 Å². The van der Waals surface area contributed by atoms with E-state index in [0.717, 1.165) is 30.5 Å². The number of hydrogen-bond donors (Lipinski definition) is 3. The van der Waals surface area contributed by atoms with Gasteiger partial charge < -0.3 is 20.1 Å². The molecule has 2 rings (SSSR count). The topological polar surface area (TPSA) is 87.0 Å². The molecule has 1 aliphatic rings. The van der Waals surface area contributed by atoms with Crippen LogP contribution in [-0.4, -0.2) is 44.2 Å². The van der Waals surface area contributed by atoms with E-state index in [1.54, 1.807) is 48.5 Å². The average Bonchev–Trinajstić information content (AvgIpc) is 3.07. The van der Waals surface area contributed by atoms with Crippen LogP contribution in [0.25, 0.3) is 0 Å². The Balaban J connectivity index is 2.71. The zero-order valence-corrected chi connectivity index (χ0v) is 30.1. The van der Waals surface area contributed by atoms with Crippen LogP contribution in [-0.2, 0) is 16.0 Å². The molecule has 252 valence electrons. The quantitative estimate of drug-likeness (QED) is 0.162. The van der Waals surface area contributed by atoms with Crippen molar-refractivity contribution in [2.75, 3.05) is 0 Å². The third-order valence-corrected chi connectivity index (χ3v) is 11.0. The molecule has 5 unspecified atom stereocenters. The molecule has 0 amide bonds. The summed E-state index contributed by atoms with van der Waals surface area (Å²) in [6.07, 6.45) is -3.53. The molecule has 0 aliphatic heterocycles. The number of carbonyl (C=O) groups excluding carboxylic acids is 1. The number of esters is 1. The van der Waals surface area contributed by atoms with Crippen molar-refractivity contribution >= 4 is 5.97 Å². The van der Waals surface area contributed by atoms with Crippen LogP contribution < -0.4 is 0 Å². The van der Waals surface area contributed by atoms with E-state index in [9.17, 15) is 22.9 Å². The van der Waals surface area contributed by atoms with Gasteiger partial charge in [-0.05, 0) is 114 Å². The van der Waals surface area contributed by atoms with Gasteiger partial charge in [-0.2, -0.15) is 0 Å². The molecular formula is C39H66O5. The lowest BCUT2D eigenvalue weighted by Gasteiger charge is -2.50. The number of ether oxygens (including phenoxy) is 1. The SMILES string of the molecule is [2H]/C(=C(\[2H])C([2H])(C)[C@]1(C)[C@@H](C(C)C[C@@](C)(O)C(C)Cc2cccc(C)c2C)[C@H](O)C(C)(C)[C@]1(C)O)C([2H])(C)C([2H])([2H])C([2H])(C)C(=O)OC(C)(C)C. The molecule has 1 saturated carbocycles. The number of carbonyl (C=O) groups is 1. The lowest BCUT2D eigenvalue weighted by Crippen LogP contribution is -2.53. The summed E-state index contributed by atoms with van der Waals surface area (Å²) in [6, 6.07) is 4.34. The molecule has 0 heterocycles. The smallest absolute Gasteiger partial charge is 0.309 e. The minimum absolute atomic E-state index is 0.176. The van der Waals surface area contributed by atoms with Gasteiger partial charge in [-0.1, -0.05) is 85.7 Å². The van der Waals surface area contributed by atoms with Crippen LogP contribution in [0.5, 0.6) is 0 Å². The van der Waals surface area contributed by atoms with Crippen molar-refractivity contribution in [3.63, 3.8) is 0 Å². The van der Waals surface area contributed by atoms with Gasteiger partial charge in [0, 0.05) is 17.7 Å². The Kier molecular flexibility index (Phi) is 8.80. The van der Waals surface area contributed by atoms with Gasteiger partial charge in [-0.15, -0.1) is 0 Å². The van der Waals surface area contributed by atoms with Crippen LogP contribution in [0.1, 0.15) is 129 Å². The van der Waals surface area contributed by atoms with Crippen molar-refractivity contribution in [1.82, 2.24) is 0 Å². The monoisotopic (exact) mass is 622 g/mol. The number of aliphatic hydroxyl groups excluding tert-OH is 1. The molecule has 5 nitrogen and oxygen atoms in total. The zero-order valence-electron chi connectivity index (χ0n) is 37.1. The lowest BCUT2D eigenvalue weighted by atomic mass is 9.58. The second kappa shape index (κ2) is 13.6. The largest absolute Gasteiger partial charge is 0.460 e. The maximum atomic E-state index is 13.1. The molecule has 10 atom stereocenters. The number of rotatable bonds is 12. The molecule has 0 radical (unpaired) electrons. The van der Waals surface area contributed by atoms with E-state index in [1.165, 1.54) is 13.8 Å². The highest BCUT2D eigenvalue weighted by Gasteiger charge is 2.70. The van der Waals surface area contributed by atoms with Crippen LogP contribution in [0.4, 0.5) is 0 Å². The fourth-order valence-corrected chi connectivity index (χ4v) is 7.14. The van der Waals surface area contributed by atoms with Crippen molar-refractivity contribution in [3.05, 3.63) is 47.0 Å². The number of hydrogen-bond acceptors (Lipinski definition) is 5. The van der Waals surface area contributed by atoms with E-state index >= 15 is 0 Å². The van der Waals surface area contributed by atoms with E-state index in [0.29, 0.717) is 6.42 Å². The summed E-state index contributed by atoms with van der Waals surface area (Å²) in [6.45, 7) is 24.1. The van der Waals surface area contributed by atoms with Gasteiger partial charge in [0.1, 0.15) is 5.60 Å². The van der Waals surface area contributed by atoms with Gasteiger partial charge in [0.15, 0.2) is 0 Å². The average molecular weight is 622 g/mol. The molecule has 1 aromatic rings. The first kappa shape index (κ1) is 28.5. The molecule has 0 spiro atoms. The highest BCUT2D eigenvalue weighted by molar-refractivity contribution is 5.72. The molecule has 3 N–H and O–H groups in total. The van der Waals surface area contributed by atoms with E-state index < -0.39 is 87.7 Å². The Morgan fingerprint density at radius 3 is 2.20 bits per heavy atom. The summed E-state index contributed by atoms with van der Waals surface area (Å²) in [5.74, 6) is -10.5. The number of aliphatic hydroxyl groups is 3. The van der Waals surface area contributed by atoms with E-state index in [2.05, 4.69) is 6.92 Å². The van der Waals surface area contributed by atoms with Gasteiger partial charge in [0.2, 0.25) is 0 Å². The van der Waals surface area contributed by atoms with Crippen LogP contribution in [0.15, 0.2) is 30.3 Å². The van der Waals surface area contributed by atoms with Gasteiger partial charge >= 0.3 is 5.97 Å². The Morgan fingerprint density at radius 1 is 1.09 bits per heavy atom. The van der Waals surface area contributed by atoms with Crippen LogP contribution in [0.3, 0.4) is 0 Å². The van der Waals surface area contributed by atoms with Crippen molar-refractivity contribution in [2.24, 2.45) is 46.3 Å². The number of benzene rings is 1. The molecule has 0 saturated heterocycles. The highest BCUT2D eigenvalue weighted by atomic mass is 16.6. The van der Waals surface area contributed by atoms with Crippen LogP contribution >= 0.6 is 0 Å². The van der Waals surface area contributed by atoms with Gasteiger partial charge in [-0.3, -0.25) is 4.79 Å². The van der Waals surface area contributed by atoms with Crippen molar-refractivity contribution in [1.29, 1.82) is 0 Å². The standard InChI is InChI=1S/C39H66O5/c1-24(21-26(3)34(41)44-35(8,9)10)19-20-28(5)38(14)32(33(40)36(11,12)39(38,15)43)27(4)23-37(13,42)29(6)22-31-18-16-17-25(2)30(31)7/h16-20,24,26-29,32-33,40,42-43H,21-23H2,1-15H3/b20-19-/t24?,26?,27?,28?,29?,32-,33-,37+,38+,39-/m0/s1/i19D,20D,21D2,24D,26D,28D. The molecule has 0 aromatic heterocycles. The molecule has 1 fully saturated rings. The fourth-order valence-electron chi connectivity index (χ4n) is 7.14. The van der Waals surface area contributed by atoms with E-state index in [-0.39, 0.29) is 12.3 Å². The third kappa shape index (κ3) is 7.81. The minimum Gasteiger partial charge on any atom is -0.460 e. The fraction of sp³-hybridized carbons (Fsp3) is 0.769. The molecule has 44 heavy (non-hydrogen) atoms. The summed E-state index contributed by atoms with van der Waals surface area (Å²) >= 11 is 0. The van der Waals surface area contributed by atoms with Crippen molar-refractivity contribution < 1.29 is 34.4 Å². The minimum atomic E-state index is -3.09. The Morgan fingerprint density at radius 2 is 1.66 bits per heavy atom. The molecule has 1 aromatic carbocycles. The van der Waals surface area contributed by atoms with Crippen molar-refractivity contribution in [3.8, 4) is 0 Å². The third-order valence-electron chi connectivity index (χ3n) is 11.0. The van der Waals surface area contributed by atoms with Gasteiger partial charge in [0.25, 0.3) is 0 Å². The molecule has 5 heteroatoms. The normalized spacial score (nSPS) is 35.6. The summed E-state index contributed by atoms with van der Waals surface area (Å²) < 4.78 is 69.0. The predicted molar refractivity (Wildman–Crippen MR) is 182 cm³/mol. The lowest BCUT2D eigenvalue weighted by molar-refractivity contribution is -0.159. The van der Waals surface area contributed by atoms with Gasteiger partial charge in [-0.25, -0.2) is 0 Å². The van der Waals surface area contributed by atoms with Crippen LogP contribution in [0, 0.1) is 60.1 Å². The Bertz CT molecular complexity index is 1490. The summed E-state index contributed by atoms with van der Waals surface area (Å²) in [7, 11) is 0. The number of allylic oxidation sites excluding steroid dienone is 2. The summed E-state index contributed by atoms with van der Waals surface area (Å²) in [4.78, 5) is 13.1. The maximum absolute atomic E-state index is 13.1. The van der Waals surface area contributed by atoms with E-state index in [4.69, 9.17) is 11.6 Å². The maximum Gasteiger partial charge on any atom is 0.309 e. The predicted octanol–water partition coefficient (Wildman–Crippen LogP) is 8.23. The van der Waals surface area contributed by atoms with Gasteiger partial charge in [0.05, 0.1) is 25.9 Å². The number of aryl methyl sites for hydroxylation is 1. The zero-order chi connectivity index (χ0) is 40.5. The molecule has 0 bridgehead atoms. The first-order chi connectivity index (χ1) is 22.4. The highest BCUT2D eigenvalue weighted by Crippen LogP contribution is 2.65. The summed E-state index contributed by atoms with van der Waals surface area (Å²) in [5, 5.41) is 36.4. The molecule has 1 aliphatic carbocycles. The Hall–Kier alpha value is -1.69. The first-order valence-corrected chi connectivity index (χ1v) is 16.0. The Labute approximate surface area is 279 Å². The first-order valence-electron chi connectivity index (χ1n) is 19.5. The second-order valence-electron chi connectivity index (χ2n) is 15.7. The molecular weight excluding hydrogens is 548 g/mol. The second-order valence-corrected chi connectivity index (χ2v) is 15.7. The summed E-state index contributed by atoms with van der Waals surface area (Å²) in [5.41, 5.74) is -3.67. The van der Waals surface area contributed by atoms with E-state index in [1.807, 2.05) is 39.0 Å².